The number of nitro benzene ring substituents is 1. The molecule has 1 heterocycles. The lowest BCUT2D eigenvalue weighted by Gasteiger charge is -2.11. The van der Waals surface area contributed by atoms with E-state index in [9.17, 15) is 10.1 Å². The molecule has 0 aliphatic heterocycles. The second kappa shape index (κ2) is 8.28. The molecule has 1 aromatic carbocycles. The maximum Gasteiger partial charge on any atom is 0.269 e. The number of nitrogens with zero attached hydrogens (tertiary/aromatic N) is 2. The molecular weight excluding hydrogens is 312 g/mol. The smallest absolute Gasteiger partial charge is 0.269 e. The molecule has 0 atom stereocenters. The van der Waals surface area contributed by atoms with Crippen molar-refractivity contribution >= 4 is 23.0 Å². The van der Waals surface area contributed by atoms with Crippen LogP contribution in [0.15, 0.2) is 40.7 Å². The van der Waals surface area contributed by atoms with Gasteiger partial charge in [-0.05, 0) is 36.4 Å². The van der Waals surface area contributed by atoms with Gasteiger partial charge in [0, 0.05) is 23.6 Å². The summed E-state index contributed by atoms with van der Waals surface area (Å²) >= 11 is 1.72. The number of guanidine groups is 1. The zero-order valence-electron chi connectivity index (χ0n) is 13.2. The van der Waals surface area contributed by atoms with Crippen LogP contribution >= 0.6 is 11.3 Å². The molecule has 0 saturated carbocycles. The summed E-state index contributed by atoms with van der Waals surface area (Å²) in [6.45, 7) is 6.08. The number of aryl methyl sites for hydroxylation is 1. The molecule has 7 heteroatoms. The number of non-ortho nitro benzene ring substituents is 1. The van der Waals surface area contributed by atoms with Crippen LogP contribution in [0.25, 0.3) is 0 Å². The van der Waals surface area contributed by atoms with Crippen LogP contribution in [0.5, 0.6) is 0 Å². The van der Waals surface area contributed by atoms with Crippen LogP contribution in [0.3, 0.4) is 0 Å². The zero-order valence-corrected chi connectivity index (χ0v) is 14.0. The molecule has 122 valence electrons. The Bertz CT molecular complexity index is 680. The molecule has 0 unspecified atom stereocenters. The highest BCUT2D eigenvalue weighted by atomic mass is 32.1. The van der Waals surface area contributed by atoms with Gasteiger partial charge in [0.1, 0.15) is 0 Å². The molecule has 0 radical (unpaired) electrons. The van der Waals surface area contributed by atoms with E-state index in [1.54, 1.807) is 23.5 Å². The highest BCUT2D eigenvalue weighted by Gasteiger charge is 2.05. The highest BCUT2D eigenvalue weighted by molar-refractivity contribution is 7.10. The van der Waals surface area contributed by atoms with Crippen molar-refractivity contribution in [2.75, 3.05) is 6.54 Å². The molecule has 6 nitrogen and oxygen atoms in total. The standard InChI is InChI=1S/C16H20N4O2S/c1-3-17-16(19-11-15-12(2)8-9-23-15)18-10-13-4-6-14(7-5-13)20(21)22/h4-9H,3,10-11H2,1-2H3,(H2,17,18,19). The van der Waals surface area contributed by atoms with Crippen LogP contribution in [0, 0.1) is 17.0 Å². The Balaban J connectivity index is 1.97. The van der Waals surface area contributed by atoms with Crippen LogP contribution in [-0.4, -0.2) is 17.4 Å². The molecule has 0 bridgehead atoms. The number of rotatable bonds is 6. The molecule has 0 aliphatic carbocycles. The van der Waals surface area contributed by atoms with Crippen molar-refractivity contribution in [1.82, 2.24) is 10.6 Å². The summed E-state index contributed by atoms with van der Waals surface area (Å²) < 4.78 is 0. The lowest BCUT2D eigenvalue weighted by atomic mass is 10.2. The predicted octanol–water partition coefficient (Wildman–Crippen LogP) is 3.22. The molecule has 0 aliphatic rings. The Morgan fingerprint density at radius 1 is 1.26 bits per heavy atom. The third kappa shape index (κ3) is 5.07. The number of thiophene rings is 1. The first kappa shape index (κ1) is 17.0. The van der Waals surface area contributed by atoms with Crippen LogP contribution in [-0.2, 0) is 13.1 Å². The fourth-order valence-electron chi connectivity index (χ4n) is 1.98. The third-order valence-electron chi connectivity index (χ3n) is 3.30. The lowest BCUT2D eigenvalue weighted by Crippen LogP contribution is -2.36. The van der Waals surface area contributed by atoms with E-state index in [4.69, 9.17) is 0 Å². The van der Waals surface area contributed by atoms with Crippen molar-refractivity contribution in [2.45, 2.75) is 26.9 Å². The van der Waals surface area contributed by atoms with Gasteiger partial charge in [-0.1, -0.05) is 12.1 Å². The molecule has 1 aromatic heterocycles. The highest BCUT2D eigenvalue weighted by Crippen LogP contribution is 2.15. The molecule has 0 saturated heterocycles. The topological polar surface area (TPSA) is 79.6 Å². The van der Waals surface area contributed by atoms with Crippen LogP contribution < -0.4 is 10.6 Å². The first-order valence-electron chi connectivity index (χ1n) is 7.38. The monoisotopic (exact) mass is 332 g/mol. The summed E-state index contributed by atoms with van der Waals surface area (Å²) in [7, 11) is 0. The van der Waals surface area contributed by atoms with Gasteiger partial charge >= 0.3 is 0 Å². The Morgan fingerprint density at radius 2 is 2.00 bits per heavy atom. The maximum absolute atomic E-state index is 10.6. The molecular formula is C16H20N4O2S. The van der Waals surface area contributed by atoms with Crippen molar-refractivity contribution in [3.63, 3.8) is 0 Å². The number of nitro groups is 1. The van der Waals surface area contributed by atoms with Crippen LogP contribution in [0.1, 0.15) is 22.9 Å². The van der Waals surface area contributed by atoms with E-state index in [2.05, 4.69) is 34.0 Å². The molecule has 2 rings (SSSR count). The van der Waals surface area contributed by atoms with Gasteiger partial charge < -0.3 is 10.6 Å². The molecule has 0 spiro atoms. The van der Waals surface area contributed by atoms with Gasteiger partial charge in [0.2, 0.25) is 0 Å². The quantitative estimate of drug-likeness (QED) is 0.368. The number of aliphatic imine (C=N–C) groups is 1. The molecule has 0 fully saturated rings. The van der Waals surface area contributed by atoms with E-state index >= 15 is 0 Å². The zero-order chi connectivity index (χ0) is 16.7. The summed E-state index contributed by atoms with van der Waals surface area (Å²) in [5.41, 5.74) is 2.30. The molecule has 0 amide bonds. The van der Waals surface area contributed by atoms with E-state index in [-0.39, 0.29) is 5.69 Å². The summed E-state index contributed by atoms with van der Waals surface area (Å²) in [4.78, 5) is 16.0. The minimum Gasteiger partial charge on any atom is -0.357 e. The van der Waals surface area contributed by atoms with Crippen molar-refractivity contribution in [3.8, 4) is 0 Å². The second-order valence-corrected chi connectivity index (χ2v) is 6.00. The summed E-state index contributed by atoms with van der Waals surface area (Å²) in [6.07, 6.45) is 0. The van der Waals surface area contributed by atoms with E-state index in [1.165, 1.54) is 22.6 Å². The summed E-state index contributed by atoms with van der Waals surface area (Å²) in [6, 6.07) is 8.56. The summed E-state index contributed by atoms with van der Waals surface area (Å²) in [5.74, 6) is 0.735. The van der Waals surface area contributed by atoms with Crippen molar-refractivity contribution in [1.29, 1.82) is 0 Å². The van der Waals surface area contributed by atoms with Gasteiger partial charge in [-0.25, -0.2) is 4.99 Å². The van der Waals surface area contributed by atoms with Crippen molar-refractivity contribution < 1.29 is 4.92 Å². The summed E-state index contributed by atoms with van der Waals surface area (Å²) in [5, 5.41) is 19.2. The van der Waals surface area contributed by atoms with Gasteiger partial charge in [-0.15, -0.1) is 11.3 Å². The van der Waals surface area contributed by atoms with E-state index in [0.29, 0.717) is 6.54 Å². The van der Waals surface area contributed by atoms with Crippen molar-refractivity contribution in [3.05, 3.63) is 61.8 Å². The molecule has 2 N–H and O–H groups in total. The maximum atomic E-state index is 10.6. The fraction of sp³-hybridized carbons (Fsp3) is 0.312. The number of nitrogens with one attached hydrogen (secondary N) is 2. The SMILES string of the molecule is CCNC(=NCc1ccc([N+](=O)[O-])cc1)NCc1sccc1C. The van der Waals surface area contributed by atoms with Gasteiger partial charge in [0.15, 0.2) is 5.96 Å². The first-order chi connectivity index (χ1) is 11.1. The minimum absolute atomic E-state index is 0.0935. The predicted molar refractivity (Wildman–Crippen MR) is 93.8 cm³/mol. The Labute approximate surface area is 139 Å². The van der Waals surface area contributed by atoms with Gasteiger partial charge in [-0.3, -0.25) is 10.1 Å². The second-order valence-electron chi connectivity index (χ2n) is 5.00. The minimum atomic E-state index is -0.401. The number of hydrogen-bond donors (Lipinski definition) is 2. The number of hydrogen-bond acceptors (Lipinski definition) is 4. The van der Waals surface area contributed by atoms with E-state index in [1.807, 2.05) is 6.92 Å². The fourth-order valence-corrected chi connectivity index (χ4v) is 2.83. The molecule has 2 aromatic rings. The van der Waals surface area contributed by atoms with Crippen molar-refractivity contribution in [2.24, 2.45) is 4.99 Å². The number of benzene rings is 1. The van der Waals surface area contributed by atoms with Gasteiger partial charge in [-0.2, -0.15) is 0 Å². The van der Waals surface area contributed by atoms with E-state index in [0.717, 1.165) is 24.6 Å². The first-order valence-corrected chi connectivity index (χ1v) is 8.26. The average molecular weight is 332 g/mol. The Kier molecular flexibility index (Phi) is 6.10. The third-order valence-corrected chi connectivity index (χ3v) is 4.32. The van der Waals surface area contributed by atoms with E-state index < -0.39 is 4.92 Å². The van der Waals surface area contributed by atoms with Gasteiger partial charge in [0.25, 0.3) is 5.69 Å². The lowest BCUT2D eigenvalue weighted by molar-refractivity contribution is -0.384. The average Bonchev–Trinajstić information content (AvgIpc) is 2.95. The largest absolute Gasteiger partial charge is 0.357 e. The normalized spacial score (nSPS) is 11.3. The Morgan fingerprint density at radius 3 is 2.57 bits per heavy atom. The van der Waals surface area contributed by atoms with Gasteiger partial charge in [0.05, 0.1) is 18.0 Å². The van der Waals surface area contributed by atoms with Crippen LogP contribution in [0.2, 0.25) is 0 Å². The van der Waals surface area contributed by atoms with Crippen LogP contribution in [0.4, 0.5) is 5.69 Å². The molecule has 23 heavy (non-hydrogen) atoms. The Hall–Kier alpha value is -2.41.